The number of benzene rings is 1. The van der Waals surface area contributed by atoms with Crippen molar-refractivity contribution in [2.45, 2.75) is 16.8 Å². The van der Waals surface area contributed by atoms with Gasteiger partial charge in [-0.15, -0.1) is 0 Å². The molecule has 0 saturated heterocycles. The Kier molecular flexibility index (Phi) is 4.93. The second-order valence-corrected chi connectivity index (χ2v) is 4.87. The lowest BCUT2D eigenvalue weighted by Gasteiger charge is -2.12. The molecule has 0 aliphatic rings. The van der Waals surface area contributed by atoms with E-state index in [2.05, 4.69) is 16.4 Å². The number of hydrogen-bond donors (Lipinski definition) is 1. The highest BCUT2D eigenvalue weighted by molar-refractivity contribution is 8.00. The molecule has 1 heterocycles. The molecule has 0 aliphatic carbocycles. The van der Waals surface area contributed by atoms with Crippen LogP contribution in [0.1, 0.15) is 5.56 Å². The predicted octanol–water partition coefficient (Wildman–Crippen LogP) is 2.29. The number of nitrogens with one attached hydrogen (secondary N) is 1. The summed E-state index contributed by atoms with van der Waals surface area (Å²) in [7, 11) is 0. The molecule has 0 bridgehead atoms. The highest BCUT2D eigenvalue weighted by Crippen LogP contribution is 2.20. The van der Waals surface area contributed by atoms with Crippen LogP contribution < -0.4 is 5.32 Å². The molecular weight excluding hydrogens is 244 g/mol. The number of nitrogens with zero attached hydrogens (tertiary/aromatic N) is 1. The summed E-state index contributed by atoms with van der Waals surface area (Å²) >= 11 is 1.49. The number of pyridine rings is 1. The van der Waals surface area contributed by atoms with Crippen molar-refractivity contribution in [1.29, 1.82) is 0 Å². The van der Waals surface area contributed by atoms with Gasteiger partial charge in [-0.2, -0.15) is 0 Å². The molecule has 91 valence electrons. The summed E-state index contributed by atoms with van der Waals surface area (Å²) in [4.78, 5) is 16.1. The van der Waals surface area contributed by atoms with Crippen molar-refractivity contribution >= 4 is 18.0 Å². The first-order chi connectivity index (χ1) is 8.88. The average molecular weight is 257 g/mol. The van der Waals surface area contributed by atoms with E-state index in [1.807, 2.05) is 36.4 Å². The number of carbonyl (C=O) groups excluding carboxylic acids is 1. The Morgan fingerprint density at radius 2 is 2.22 bits per heavy atom. The van der Waals surface area contributed by atoms with Gasteiger partial charge in [0.1, 0.15) is 11.7 Å². The van der Waals surface area contributed by atoms with Crippen LogP contribution in [0.25, 0.3) is 0 Å². The first-order valence-corrected chi connectivity index (χ1v) is 6.47. The lowest BCUT2D eigenvalue weighted by Crippen LogP contribution is -2.26. The first kappa shape index (κ1) is 12.8. The Morgan fingerprint density at radius 1 is 1.39 bits per heavy atom. The number of rotatable bonds is 6. The van der Waals surface area contributed by atoms with E-state index in [9.17, 15) is 4.79 Å². The topological polar surface area (TPSA) is 42.0 Å². The normalized spacial score (nSPS) is 12.0. The standard InChI is InChI=1S/C14H13N2OS/c17-11-14(18-13-6-2-1-3-7-13)16-10-12-5-4-8-15-9-12/h2-9,11,14,16H,10H2. The highest BCUT2D eigenvalue weighted by atomic mass is 32.2. The predicted molar refractivity (Wildman–Crippen MR) is 72.1 cm³/mol. The van der Waals surface area contributed by atoms with Gasteiger partial charge in [0.05, 0.1) is 0 Å². The zero-order valence-corrected chi connectivity index (χ0v) is 10.6. The molecule has 1 atom stereocenters. The van der Waals surface area contributed by atoms with Gasteiger partial charge in [0, 0.05) is 23.8 Å². The van der Waals surface area contributed by atoms with E-state index in [1.165, 1.54) is 11.8 Å². The molecule has 2 aromatic rings. The summed E-state index contributed by atoms with van der Waals surface area (Å²) in [5, 5.41) is 2.92. The quantitative estimate of drug-likeness (QED) is 0.490. The Hall–Kier alpha value is -1.65. The van der Waals surface area contributed by atoms with E-state index < -0.39 is 0 Å². The monoisotopic (exact) mass is 257 g/mol. The number of thioether (sulfide) groups is 1. The van der Waals surface area contributed by atoms with Crippen LogP contribution in [0.3, 0.4) is 0 Å². The smallest absolute Gasteiger partial charge is 0.147 e. The Labute approximate surface area is 111 Å². The molecule has 4 heteroatoms. The van der Waals surface area contributed by atoms with Crippen molar-refractivity contribution in [3.63, 3.8) is 0 Å². The van der Waals surface area contributed by atoms with Crippen molar-refractivity contribution in [2.24, 2.45) is 0 Å². The maximum Gasteiger partial charge on any atom is 0.147 e. The Bertz CT molecular complexity index is 476. The second-order valence-electron chi connectivity index (χ2n) is 3.65. The van der Waals surface area contributed by atoms with Crippen LogP contribution in [-0.2, 0) is 11.3 Å². The van der Waals surface area contributed by atoms with E-state index in [4.69, 9.17) is 0 Å². The molecule has 0 spiro atoms. The Balaban J connectivity index is 1.88. The summed E-state index contributed by atoms with van der Waals surface area (Å²) in [6.07, 6.45) is 4.44. The molecule has 0 amide bonds. The number of hydrogen-bond acceptors (Lipinski definition) is 4. The van der Waals surface area contributed by atoms with Crippen LogP contribution in [0, 0.1) is 6.07 Å². The van der Waals surface area contributed by atoms with Gasteiger partial charge >= 0.3 is 0 Å². The van der Waals surface area contributed by atoms with Gasteiger partial charge in [-0.1, -0.05) is 30.0 Å². The minimum atomic E-state index is -0.257. The van der Waals surface area contributed by atoms with Gasteiger partial charge in [0.2, 0.25) is 0 Å². The molecule has 1 aromatic heterocycles. The average Bonchev–Trinajstić information content (AvgIpc) is 2.45. The van der Waals surface area contributed by atoms with Crippen LogP contribution in [-0.4, -0.2) is 16.6 Å². The van der Waals surface area contributed by atoms with Gasteiger partial charge in [-0.3, -0.25) is 10.3 Å². The molecule has 3 nitrogen and oxygen atoms in total. The van der Waals surface area contributed by atoms with E-state index in [-0.39, 0.29) is 5.37 Å². The van der Waals surface area contributed by atoms with E-state index >= 15 is 0 Å². The Morgan fingerprint density at radius 3 is 2.89 bits per heavy atom. The molecule has 1 N–H and O–H groups in total. The minimum Gasteiger partial charge on any atom is -0.301 e. The molecular formula is C14H13N2OS. The summed E-state index contributed by atoms with van der Waals surface area (Å²) in [6.45, 7) is 0.628. The maximum absolute atomic E-state index is 11.0. The fourth-order valence-electron chi connectivity index (χ4n) is 1.44. The second kappa shape index (κ2) is 6.93. The number of carbonyl (C=O) groups is 1. The van der Waals surface area contributed by atoms with Crippen LogP contribution in [0.5, 0.6) is 0 Å². The molecule has 1 aromatic carbocycles. The van der Waals surface area contributed by atoms with Gasteiger partial charge in [0.15, 0.2) is 0 Å². The highest BCUT2D eigenvalue weighted by Gasteiger charge is 2.08. The number of aldehydes is 1. The first-order valence-electron chi connectivity index (χ1n) is 5.59. The van der Waals surface area contributed by atoms with E-state index in [0.29, 0.717) is 6.54 Å². The lowest BCUT2D eigenvalue weighted by atomic mass is 10.3. The molecule has 0 saturated carbocycles. The molecule has 1 unspecified atom stereocenters. The summed E-state index contributed by atoms with van der Waals surface area (Å²) in [5.74, 6) is 0. The fraction of sp³-hybridized carbons (Fsp3) is 0.143. The van der Waals surface area contributed by atoms with Crippen molar-refractivity contribution in [2.75, 3.05) is 0 Å². The van der Waals surface area contributed by atoms with Gasteiger partial charge in [0.25, 0.3) is 0 Å². The van der Waals surface area contributed by atoms with Gasteiger partial charge < -0.3 is 4.79 Å². The SMILES string of the molecule is O=CC(NCc1cccnc1)Sc1cc[c]cc1. The third-order valence-corrected chi connectivity index (χ3v) is 3.38. The van der Waals surface area contributed by atoms with Crippen LogP contribution >= 0.6 is 11.8 Å². The fourth-order valence-corrected chi connectivity index (χ4v) is 2.24. The van der Waals surface area contributed by atoms with Crippen molar-refractivity contribution in [3.05, 3.63) is 60.4 Å². The van der Waals surface area contributed by atoms with Crippen LogP contribution in [0.2, 0.25) is 0 Å². The molecule has 1 radical (unpaired) electrons. The van der Waals surface area contributed by atoms with Gasteiger partial charge in [-0.25, -0.2) is 0 Å². The van der Waals surface area contributed by atoms with Crippen LogP contribution in [0.4, 0.5) is 0 Å². The zero-order valence-electron chi connectivity index (χ0n) is 9.74. The van der Waals surface area contributed by atoms with Crippen molar-refractivity contribution in [3.8, 4) is 0 Å². The van der Waals surface area contributed by atoms with E-state index in [0.717, 1.165) is 16.7 Å². The van der Waals surface area contributed by atoms with Crippen molar-refractivity contribution < 1.29 is 4.79 Å². The van der Waals surface area contributed by atoms with E-state index in [1.54, 1.807) is 12.4 Å². The zero-order chi connectivity index (χ0) is 12.6. The van der Waals surface area contributed by atoms with Gasteiger partial charge in [-0.05, 0) is 29.8 Å². The third-order valence-electron chi connectivity index (χ3n) is 2.30. The third kappa shape index (κ3) is 3.98. The maximum atomic E-state index is 11.0. The summed E-state index contributed by atoms with van der Waals surface area (Å²) < 4.78 is 0. The van der Waals surface area contributed by atoms with Crippen LogP contribution in [0.15, 0.2) is 53.7 Å². The molecule has 18 heavy (non-hydrogen) atoms. The minimum absolute atomic E-state index is 0.257. The van der Waals surface area contributed by atoms with Crippen molar-refractivity contribution in [1.82, 2.24) is 10.3 Å². The molecule has 0 fully saturated rings. The molecule has 2 rings (SSSR count). The summed E-state index contributed by atoms with van der Waals surface area (Å²) in [6, 6.07) is 14.4. The number of aromatic nitrogens is 1. The largest absolute Gasteiger partial charge is 0.301 e. The molecule has 0 aliphatic heterocycles. The summed E-state index contributed by atoms with van der Waals surface area (Å²) in [5.41, 5.74) is 1.06. The lowest BCUT2D eigenvalue weighted by molar-refractivity contribution is -0.107.